The SMILES string of the molecule is COCCNC(=O)c1cccc(C(=O)NCc2ccc(Cl)cc2)c1. The van der Waals surface area contributed by atoms with Crippen molar-refractivity contribution < 1.29 is 14.3 Å². The molecule has 2 aromatic rings. The fraction of sp³-hybridized carbons (Fsp3) is 0.222. The number of amides is 2. The molecule has 0 bridgehead atoms. The Labute approximate surface area is 146 Å². The molecule has 0 heterocycles. The van der Waals surface area contributed by atoms with E-state index in [-0.39, 0.29) is 11.8 Å². The fourth-order valence-electron chi connectivity index (χ4n) is 2.06. The standard InChI is InChI=1S/C18H19ClN2O3/c1-24-10-9-20-17(22)14-3-2-4-15(11-14)18(23)21-12-13-5-7-16(19)8-6-13/h2-8,11H,9-10,12H2,1H3,(H,20,22)(H,21,23). The van der Waals surface area contributed by atoms with Gasteiger partial charge in [0.25, 0.3) is 11.8 Å². The smallest absolute Gasteiger partial charge is 0.251 e. The normalized spacial score (nSPS) is 10.2. The molecule has 2 amide bonds. The average Bonchev–Trinajstić information content (AvgIpc) is 2.61. The molecule has 126 valence electrons. The van der Waals surface area contributed by atoms with Crippen LogP contribution in [0, 0.1) is 0 Å². The molecule has 6 heteroatoms. The Balaban J connectivity index is 1.95. The summed E-state index contributed by atoms with van der Waals surface area (Å²) in [5.74, 6) is -0.476. The van der Waals surface area contributed by atoms with E-state index in [2.05, 4.69) is 10.6 Å². The molecule has 0 unspecified atom stereocenters. The minimum atomic E-state index is -0.239. The summed E-state index contributed by atoms with van der Waals surface area (Å²) in [5.41, 5.74) is 1.81. The van der Waals surface area contributed by atoms with Gasteiger partial charge >= 0.3 is 0 Å². The summed E-state index contributed by atoms with van der Waals surface area (Å²) in [6, 6.07) is 13.8. The summed E-state index contributed by atoms with van der Waals surface area (Å²) in [7, 11) is 1.57. The monoisotopic (exact) mass is 346 g/mol. The van der Waals surface area contributed by atoms with E-state index in [1.54, 1.807) is 43.5 Å². The molecule has 2 N–H and O–H groups in total. The summed E-state index contributed by atoms with van der Waals surface area (Å²) in [4.78, 5) is 24.2. The van der Waals surface area contributed by atoms with E-state index in [1.807, 2.05) is 12.1 Å². The largest absolute Gasteiger partial charge is 0.383 e. The molecule has 0 atom stereocenters. The second kappa shape index (κ2) is 9.05. The first-order valence-electron chi connectivity index (χ1n) is 7.50. The topological polar surface area (TPSA) is 67.4 Å². The minimum Gasteiger partial charge on any atom is -0.383 e. The number of benzene rings is 2. The fourth-order valence-corrected chi connectivity index (χ4v) is 2.18. The molecule has 0 fully saturated rings. The molecule has 24 heavy (non-hydrogen) atoms. The highest BCUT2D eigenvalue weighted by Gasteiger charge is 2.10. The Morgan fingerprint density at radius 1 is 1.00 bits per heavy atom. The van der Waals surface area contributed by atoms with Crippen molar-refractivity contribution in [2.75, 3.05) is 20.3 Å². The Bertz CT molecular complexity index is 702. The first kappa shape index (κ1) is 18.0. The van der Waals surface area contributed by atoms with Crippen molar-refractivity contribution in [3.8, 4) is 0 Å². The van der Waals surface area contributed by atoms with Gasteiger partial charge in [0.05, 0.1) is 6.61 Å². The van der Waals surface area contributed by atoms with Crippen LogP contribution in [0.2, 0.25) is 5.02 Å². The van der Waals surface area contributed by atoms with Crippen molar-refractivity contribution in [2.45, 2.75) is 6.54 Å². The Kier molecular flexibility index (Phi) is 6.78. The van der Waals surface area contributed by atoms with Crippen molar-refractivity contribution in [1.82, 2.24) is 10.6 Å². The van der Waals surface area contributed by atoms with E-state index in [0.717, 1.165) is 5.56 Å². The van der Waals surface area contributed by atoms with Crippen molar-refractivity contribution in [2.24, 2.45) is 0 Å². The number of nitrogens with one attached hydrogen (secondary N) is 2. The first-order valence-corrected chi connectivity index (χ1v) is 7.88. The maximum Gasteiger partial charge on any atom is 0.251 e. The molecule has 0 saturated carbocycles. The summed E-state index contributed by atoms with van der Waals surface area (Å²) in [6.45, 7) is 1.25. The van der Waals surface area contributed by atoms with Crippen molar-refractivity contribution in [3.05, 3.63) is 70.2 Å². The maximum absolute atomic E-state index is 12.2. The van der Waals surface area contributed by atoms with Gasteiger partial charge in [-0.3, -0.25) is 9.59 Å². The second-order valence-corrected chi connectivity index (χ2v) is 5.58. The zero-order chi connectivity index (χ0) is 17.4. The number of carbonyl (C=O) groups excluding carboxylic acids is 2. The van der Waals surface area contributed by atoms with Crippen LogP contribution in [0.25, 0.3) is 0 Å². The molecule has 2 rings (SSSR count). The summed E-state index contributed by atoms with van der Waals surface area (Å²) < 4.78 is 4.88. The van der Waals surface area contributed by atoms with E-state index in [4.69, 9.17) is 16.3 Å². The Morgan fingerprint density at radius 3 is 2.25 bits per heavy atom. The third kappa shape index (κ3) is 5.37. The van der Waals surface area contributed by atoms with Crippen molar-refractivity contribution in [3.63, 3.8) is 0 Å². The predicted molar refractivity (Wildman–Crippen MR) is 93.3 cm³/mol. The van der Waals surface area contributed by atoms with Gasteiger partial charge in [-0.25, -0.2) is 0 Å². The lowest BCUT2D eigenvalue weighted by molar-refractivity contribution is 0.0937. The number of hydrogen-bond donors (Lipinski definition) is 2. The van der Waals surface area contributed by atoms with Crippen LogP contribution in [-0.4, -0.2) is 32.1 Å². The molecule has 2 aromatic carbocycles. The van der Waals surface area contributed by atoms with Crippen LogP contribution < -0.4 is 10.6 Å². The molecule has 0 aliphatic carbocycles. The number of halogens is 1. The van der Waals surface area contributed by atoms with Crippen LogP contribution in [0.3, 0.4) is 0 Å². The van der Waals surface area contributed by atoms with Gasteiger partial charge in [-0.15, -0.1) is 0 Å². The number of hydrogen-bond acceptors (Lipinski definition) is 3. The third-order valence-corrected chi connectivity index (χ3v) is 3.60. The highest BCUT2D eigenvalue weighted by Crippen LogP contribution is 2.10. The highest BCUT2D eigenvalue weighted by atomic mass is 35.5. The van der Waals surface area contributed by atoms with Gasteiger partial charge < -0.3 is 15.4 Å². The minimum absolute atomic E-state index is 0.237. The molecule has 0 aliphatic heterocycles. The Morgan fingerprint density at radius 2 is 1.62 bits per heavy atom. The zero-order valence-electron chi connectivity index (χ0n) is 13.3. The lowest BCUT2D eigenvalue weighted by Gasteiger charge is -2.08. The zero-order valence-corrected chi connectivity index (χ0v) is 14.1. The van der Waals surface area contributed by atoms with Crippen LogP contribution in [0.4, 0.5) is 0 Å². The molecular weight excluding hydrogens is 328 g/mol. The number of carbonyl (C=O) groups is 2. The van der Waals surface area contributed by atoms with Crippen LogP contribution in [0.5, 0.6) is 0 Å². The number of ether oxygens (including phenoxy) is 1. The van der Waals surface area contributed by atoms with Gasteiger partial charge in [0.2, 0.25) is 0 Å². The quantitative estimate of drug-likeness (QED) is 0.757. The van der Waals surface area contributed by atoms with E-state index >= 15 is 0 Å². The molecule has 0 aromatic heterocycles. The average molecular weight is 347 g/mol. The first-order chi connectivity index (χ1) is 11.6. The molecule has 0 saturated heterocycles. The van der Waals surface area contributed by atoms with Gasteiger partial charge in [-0.1, -0.05) is 29.8 Å². The van der Waals surface area contributed by atoms with Crippen LogP contribution >= 0.6 is 11.6 Å². The maximum atomic E-state index is 12.2. The molecular formula is C18H19ClN2O3. The summed E-state index contributed by atoms with van der Waals surface area (Å²) >= 11 is 5.83. The third-order valence-electron chi connectivity index (χ3n) is 3.35. The van der Waals surface area contributed by atoms with Gasteiger partial charge in [0, 0.05) is 36.3 Å². The van der Waals surface area contributed by atoms with E-state index < -0.39 is 0 Å². The van der Waals surface area contributed by atoms with Crippen LogP contribution in [0.15, 0.2) is 48.5 Å². The highest BCUT2D eigenvalue weighted by molar-refractivity contribution is 6.30. The number of rotatable bonds is 7. The van der Waals surface area contributed by atoms with Crippen LogP contribution in [-0.2, 0) is 11.3 Å². The summed E-state index contributed by atoms with van der Waals surface area (Å²) in [6.07, 6.45) is 0. The van der Waals surface area contributed by atoms with Crippen molar-refractivity contribution >= 4 is 23.4 Å². The lowest BCUT2D eigenvalue weighted by Crippen LogP contribution is -2.27. The van der Waals surface area contributed by atoms with Gasteiger partial charge in [0.15, 0.2) is 0 Å². The number of methoxy groups -OCH3 is 1. The molecule has 0 spiro atoms. The van der Waals surface area contributed by atoms with Crippen molar-refractivity contribution in [1.29, 1.82) is 0 Å². The van der Waals surface area contributed by atoms with Crippen LogP contribution in [0.1, 0.15) is 26.3 Å². The predicted octanol–water partition coefficient (Wildman–Crippen LogP) is 2.65. The Hall–Kier alpha value is -2.37. The van der Waals surface area contributed by atoms with Gasteiger partial charge in [-0.2, -0.15) is 0 Å². The van der Waals surface area contributed by atoms with E-state index in [0.29, 0.717) is 35.8 Å². The molecule has 5 nitrogen and oxygen atoms in total. The molecule has 0 radical (unpaired) electrons. The lowest BCUT2D eigenvalue weighted by atomic mass is 10.1. The molecule has 0 aliphatic rings. The second-order valence-electron chi connectivity index (χ2n) is 5.14. The van der Waals surface area contributed by atoms with Gasteiger partial charge in [0.1, 0.15) is 0 Å². The summed E-state index contributed by atoms with van der Waals surface area (Å²) in [5, 5.41) is 6.19. The van der Waals surface area contributed by atoms with Gasteiger partial charge in [-0.05, 0) is 35.9 Å². The van der Waals surface area contributed by atoms with E-state index in [1.165, 1.54) is 0 Å². The van der Waals surface area contributed by atoms with E-state index in [9.17, 15) is 9.59 Å².